The SMILES string of the molecule is CC(C)(C)C12CCN(C(=O)O)C[C@H]1N(C(=O)c1c(F)cccc1-n1nccn1)C2. The van der Waals surface area contributed by atoms with Crippen LogP contribution in [0.3, 0.4) is 0 Å². The third kappa shape index (κ3) is 2.87. The van der Waals surface area contributed by atoms with Crippen LogP contribution in [0, 0.1) is 16.6 Å². The molecule has 2 atom stereocenters. The molecule has 2 saturated heterocycles. The van der Waals surface area contributed by atoms with Gasteiger partial charge in [0.2, 0.25) is 0 Å². The van der Waals surface area contributed by atoms with Crippen LogP contribution in [-0.4, -0.2) is 67.6 Å². The Balaban J connectivity index is 1.71. The summed E-state index contributed by atoms with van der Waals surface area (Å²) in [5.41, 5.74) is -0.164. The highest BCUT2D eigenvalue weighted by Crippen LogP contribution is 2.55. The van der Waals surface area contributed by atoms with E-state index >= 15 is 0 Å². The van der Waals surface area contributed by atoms with Crippen LogP contribution in [0.25, 0.3) is 5.69 Å². The lowest BCUT2D eigenvalue weighted by Crippen LogP contribution is -2.76. The van der Waals surface area contributed by atoms with Gasteiger partial charge < -0.3 is 14.9 Å². The first-order valence-electron chi connectivity index (χ1n) is 9.60. The van der Waals surface area contributed by atoms with Crippen molar-refractivity contribution in [2.45, 2.75) is 33.2 Å². The van der Waals surface area contributed by atoms with Gasteiger partial charge in [0.1, 0.15) is 17.1 Å². The Bertz CT molecular complexity index is 956. The highest BCUT2D eigenvalue weighted by atomic mass is 19.1. The standard InChI is InChI=1S/C20H24FN5O3/c1-19(2,3)20-7-10-24(18(28)29)11-15(20)25(12-20)17(27)16-13(21)5-4-6-14(16)26-22-8-9-23-26/h4-6,8-9,15H,7,10-12H2,1-3H3,(H,28,29)/t15-,20?/m1/s1. The molecule has 1 unspecified atom stereocenters. The predicted molar refractivity (Wildman–Crippen MR) is 102 cm³/mol. The van der Waals surface area contributed by atoms with E-state index in [1.807, 2.05) is 0 Å². The monoisotopic (exact) mass is 401 g/mol. The Morgan fingerprint density at radius 2 is 1.93 bits per heavy atom. The summed E-state index contributed by atoms with van der Waals surface area (Å²) < 4.78 is 14.8. The Morgan fingerprint density at radius 3 is 2.55 bits per heavy atom. The van der Waals surface area contributed by atoms with E-state index in [-0.39, 0.29) is 34.7 Å². The lowest BCUT2D eigenvalue weighted by molar-refractivity contribution is -0.152. The molecule has 1 N–H and O–H groups in total. The maximum atomic E-state index is 14.8. The minimum Gasteiger partial charge on any atom is -0.465 e. The van der Waals surface area contributed by atoms with Crippen LogP contribution in [0.1, 0.15) is 37.6 Å². The van der Waals surface area contributed by atoms with Gasteiger partial charge in [-0.3, -0.25) is 4.79 Å². The van der Waals surface area contributed by atoms with E-state index in [4.69, 9.17) is 0 Å². The van der Waals surface area contributed by atoms with Crippen molar-refractivity contribution in [3.63, 3.8) is 0 Å². The molecule has 4 rings (SSSR count). The molecule has 1 aromatic carbocycles. The van der Waals surface area contributed by atoms with E-state index in [9.17, 15) is 19.1 Å². The average Bonchev–Trinajstić information content (AvgIpc) is 3.15. The van der Waals surface area contributed by atoms with Crippen molar-refractivity contribution in [3.05, 3.63) is 42.0 Å². The van der Waals surface area contributed by atoms with Crippen molar-refractivity contribution in [3.8, 4) is 5.69 Å². The van der Waals surface area contributed by atoms with Gasteiger partial charge in [0.25, 0.3) is 5.91 Å². The topological polar surface area (TPSA) is 91.6 Å². The number of likely N-dealkylation sites (tertiary alicyclic amines) is 2. The zero-order chi connectivity index (χ0) is 21.0. The molecule has 9 heteroatoms. The van der Waals surface area contributed by atoms with E-state index in [1.54, 1.807) is 11.0 Å². The molecule has 0 spiro atoms. The quantitative estimate of drug-likeness (QED) is 0.835. The Morgan fingerprint density at radius 1 is 1.24 bits per heavy atom. The van der Waals surface area contributed by atoms with Crippen molar-refractivity contribution in [2.24, 2.45) is 10.8 Å². The van der Waals surface area contributed by atoms with Gasteiger partial charge in [-0.25, -0.2) is 9.18 Å². The molecule has 0 bridgehead atoms. The van der Waals surface area contributed by atoms with E-state index in [2.05, 4.69) is 31.0 Å². The first-order valence-corrected chi connectivity index (χ1v) is 9.60. The Kier molecular flexibility index (Phi) is 4.36. The average molecular weight is 401 g/mol. The molecule has 29 heavy (non-hydrogen) atoms. The molecule has 8 nitrogen and oxygen atoms in total. The van der Waals surface area contributed by atoms with E-state index < -0.39 is 17.8 Å². The highest BCUT2D eigenvalue weighted by Gasteiger charge is 2.62. The largest absolute Gasteiger partial charge is 0.465 e. The van der Waals surface area contributed by atoms with Crippen LogP contribution in [-0.2, 0) is 0 Å². The third-order valence-corrected chi connectivity index (χ3v) is 6.55. The number of carboxylic acid groups (broad SMARTS) is 1. The summed E-state index contributed by atoms with van der Waals surface area (Å²) in [6.45, 7) is 7.46. The van der Waals surface area contributed by atoms with Gasteiger partial charge in [-0.05, 0) is 24.0 Å². The van der Waals surface area contributed by atoms with Crippen molar-refractivity contribution in [1.82, 2.24) is 24.8 Å². The fourth-order valence-corrected chi connectivity index (χ4v) is 4.73. The summed E-state index contributed by atoms with van der Waals surface area (Å²) in [5.74, 6) is -1.11. The fourth-order valence-electron chi connectivity index (χ4n) is 4.73. The van der Waals surface area contributed by atoms with Gasteiger partial charge in [-0.15, -0.1) is 0 Å². The molecule has 2 aromatic rings. The first kappa shape index (κ1) is 19.4. The lowest BCUT2D eigenvalue weighted by Gasteiger charge is -2.66. The maximum Gasteiger partial charge on any atom is 0.407 e. The van der Waals surface area contributed by atoms with Crippen molar-refractivity contribution < 1.29 is 19.1 Å². The van der Waals surface area contributed by atoms with Gasteiger partial charge in [0.05, 0.1) is 18.4 Å². The summed E-state index contributed by atoms with van der Waals surface area (Å²) in [5, 5.41) is 17.5. The highest BCUT2D eigenvalue weighted by molar-refractivity contribution is 5.99. The molecule has 0 aliphatic carbocycles. The van der Waals surface area contributed by atoms with Crippen LogP contribution in [0.4, 0.5) is 9.18 Å². The zero-order valence-electron chi connectivity index (χ0n) is 16.7. The minimum atomic E-state index is -1.00. The van der Waals surface area contributed by atoms with Crippen molar-refractivity contribution in [1.29, 1.82) is 0 Å². The molecule has 154 valence electrons. The number of hydrogen-bond acceptors (Lipinski definition) is 4. The summed E-state index contributed by atoms with van der Waals surface area (Å²) in [4.78, 5) is 29.1. The van der Waals surface area contributed by atoms with Crippen LogP contribution in [0.5, 0.6) is 0 Å². The van der Waals surface area contributed by atoms with Gasteiger partial charge >= 0.3 is 6.09 Å². The number of amides is 2. The number of aromatic nitrogens is 3. The zero-order valence-corrected chi connectivity index (χ0v) is 16.7. The van der Waals surface area contributed by atoms with Gasteiger partial charge in [0.15, 0.2) is 0 Å². The smallest absolute Gasteiger partial charge is 0.407 e. The Labute approximate surface area is 167 Å². The number of piperidine rings is 1. The molecule has 2 aliphatic heterocycles. The Hall–Kier alpha value is -2.97. The number of nitrogens with zero attached hydrogens (tertiary/aromatic N) is 5. The molecule has 2 amide bonds. The predicted octanol–water partition coefficient (Wildman–Crippen LogP) is 2.65. The number of halogens is 1. The number of carbonyl (C=O) groups excluding carboxylic acids is 1. The number of fused-ring (bicyclic) bond motifs is 1. The summed E-state index contributed by atoms with van der Waals surface area (Å²) in [7, 11) is 0. The molecule has 3 heterocycles. The summed E-state index contributed by atoms with van der Waals surface area (Å²) in [6.07, 6.45) is 2.58. The number of carbonyl (C=O) groups is 2. The van der Waals surface area contributed by atoms with Crippen LogP contribution in [0.15, 0.2) is 30.6 Å². The molecule has 2 fully saturated rings. The molecular formula is C20H24FN5O3. The molecule has 1 aromatic heterocycles. The molecule has 2 aliphatic rings. The molecule has 0 radical (unpaired) electrons. The van der Waals surface area contributed by atoms with Gasteiger partial charge in [-0.1, -0.05) is 26.8 Å². The fraction of sp³-hybridized carbons (Fsp3) is 0.500. The second-order valence-corrected chi connectivity index (χ2v) is 8.79. The number of benzene rings is 1. The molecular weight excluding hydrogens is 377 g/mol. The maximum absolute atomic E-state index is 14.8. The normalized spacial score (nSPS) is 24.1. The van der Waals surface area contributed by atoms with Crippen LogP contribution >= 0.6 is 0 Å². The van der Waals surface area contributed by atoms with Gasteiger partial charge in [0, 0.05) is 25.0 Å². The summed E-state index contributed by atoms with van der Waals surface area (Å²) in [6, 6.07) is 4.03. The minimum absolute atomic E-state index is 0.0985. The third-order valence-electron chi connectivity index (χ3n) is 6.55. The van der Waals surface area contributed by atoms with Gasteiger partial charge in [-0.2, -0.15) is 15.0 Å². The van der Waals surface area contributed by atoms with E-state index in [0.29, 0.717) is 19.5 Å². The van der Waals surface area contributed by atoms with E-state index in [1.165, 1.54) is 34.2 Å². The second kappa shape index (κ2) is 6.53. The second-order valence-electron chi connectivity index (χ2n) is 8.79. The lowest BCUT2D eigenvalue weighted by atomic mass is 9.53. The van der Waals surface area contributed by atoms with E-state index in [0.717, 1.165) is 0 Å². The van der Waals surface area contributed by atoms with Crippen molar-refractivity contribution in [2.75, 3.05) is 19.6 Å². The summed E-state index contributed by atoms with van der Waals surface area (Å²) >= 11 is 0. The molecule has 0 saturated carbocycles. The van der Waals surface area contributed by atoms with Crippen LogP contribution < -0.4 is 0 Å². The number of hydrogen-bond donors (Lipinski definition) is 1. The number of rotatable bonds is 2. The van der Waals surface area contributed by atoms with Crippen LogP contribution in [0.2, 0.25) is 0 Å². The van der Waals surface area contributed by atoms with Crippen molar-refractivity contribution >= 4 is 12.0 Å². The first-order chi connectivity index (χ1) is 13.7.